The Bertz CT molecular complexity index is 778. The largest absolute Gasteiger partial charge is 0.480 e. The van der Waals surface area contributed by atoms with Crippen LogP contribution in [0.5, 0.6) is 5.88 Å². The molecule has 1 fully saturated rings. The fourth-order valence-electron chi connectivity index (χ4n) is 2.38. The predicted octanol–water partition coefficient (Wildman–Crippen LogP) is 2.30. The Morgan fingerprint density at radius 1 is 1.25 bits per heavy atom. The van der Waals surface area contributed by atoms with Gasteiger partial charge in [0.2, 0.25) is 5.88 Å². The van der Waals surface area contributed by atoms with Crippen molar-refractivity contribution in [2.75, 3.05) is 7.11 Å². The van der Waals surface area contributed by atoms with E-state index in [-0.39, 0.29) is 0 Å². The van der Waals surface area contributed by atoms with E-state index in [4.69, 9.17) is 4.74 Å². The molecule has 3 aromatic heterocycles. The molecule has 1 saturated carbocycles. The standard InChI is InChI=1S/C14H13N5O/c1-20-14-11(12(8-2-3-8)17-7-18-14)13-16-6-10-9(19-13)4-5-15-10/h4-8,15H,2-3H2,1H3. The van der Waals surface area contributed by atoms with Crippen LogP contribution >= 0.6 is 0 Å². The van der Waals surface area contributed by atoms with Crippen molar-refractivity contribution in [1.82, 2.24) is 24.9 Å². The lowest BCUT2D eigenvalue weighted by molar-refractivity contribution is 0.397. The number of ether oxygens (including phenoxy) is 1. The van der Waals surface area contributed by atoms with Crippen LogP contribution in [0.15, 0.2) is 24.8 Å². The minimum absolute atomic E-state index is 0.479. The van der Waals surface area contributed by atoms with Crippen LogP contribution in [0.3, 0.4) is 0 Å². The average molecular weight is 267 g/mol. The SMILES string of the molecule is COc1ncnc(C2CC2)c1-c1ncc2[nH]ccc2n1. The first-order valence-electron chi connectivity index (χ1n) is 6.56. The molecule has 4 rings (SSSR count). The fourth-order valence-corrected chi connectivity index (χ4v) is 2.38. The third-order valence-corrected chi connectivity index (χ3v) is 3.52. The molecule has 0 saturated heterocycles. The van der Waals surface area contributed by atoms with Crippen LogP contribution in [0.2, 0.25) is 0 Å². The number of hydrogen-bond donors (Lipinski definition) is 1. The third-order valence-electron chi connectivity index (χ3n) is 3.52. The lowest BCUT2D eigenvalue weighted by Gasteiger charge is -2.10. The first-order chi connectivity index (χ1) is 9.86. The molecule has 100 valence electrons. The zero-order valence-corrected chi connectivity index (χ0v) is 11.0. The van der Waals surface area contributed by atoms with Crippen LogP contribution in [-0.4, -0.2) is 32.0 Å². The van der Waals surface area contributed by atoms with Gasteiger partial charge >= 0.3 is 0 Å². The summed E-state index contributed by atoms with van der Waals surface area (Å²) in [5.41, 5.74) is 3.60. The summed E-state index contributed by atoms with van der Waals surface area (Å²) in [5.74, 6) is 1.64. The molecule has 1 N–H and O–H groups in total. The molecule has 0 spiro atoms. The number of fused-ring (bicyclic) bond motifs is 1. The van der Waals surface area contributed by atoms with Crippen LogP contribution in [0.4, 0.5) is 0 Å². The van der Waals surface area contributed by atoms with E-state index in [1.165, 1.54) is 0 Å². The average Bonchev–Trinajstić information content (AvgIpc) is 3.23. The van der Waals surface area contributed by atoms with Crippen molar-refractivity contribution >= 4 is 11.0 Å². The molecule has 0 aromatic carbocycles. The van der Waals surface area contributed by atoms with E-state index in [9.17, 15) is 0 Å². The van der Waals surface area contributed by atoms with Gasteiger partial charge in [0.25, 0.3) is 0 Å². The normalized spacial score (nSPS) is 14.7. The van der Waals surface area contributed by atoms with Crippen molar-refractivity contribution < 1.29 is 4.74 Å². The minimum Gasteiger partial charge on any atom is -0.480 e. The fraction of sp³-hybridized carbons (Fsp3) is 0.286. The van der Waals surface area contributed by atoms with E-state index < -0.39 is 0 Å². The van der Waals surface area contributed by atoms with Gasteiger partial charge in [0.1, 0.15) is 11.9 Å². The van der Waals surface area contributed by atoms with Gasteiger partial charge in [-0.25, -0.2) is 19.9 Å². The van der Waals surface area contributed by atoms with E-state index in [0.29, 0.717) is 17.6 Å². The van der Waals surface area contributed by atoms with Crippen molar-refractivity contribution in [3.8, 4) is 17.3 Å². The van der Waals surface area contributed by atoms with Gasteiger partial charge in [-0.2, -0.15) is 0 Å². The minimum atomic E-state index is 0.479. The maximum Gasteiger partial charge on any atom is 0.227 e. The van der Waals surface area contributed by atoms with Gasteiger partial charge in [0.05, 0.1) is 30.0 Å². The van der Waals surface area contributed by atoms with E-state index in [1.807, 2.05) is 12.3 Å². The molecule has 0 unspecified atom stereocenters. The molecular weight excluding hydrogens is 254 g/mol. The Hall–Kier alpha value is -2.50. The summed E-state index contributed by atoms with van der Waals surface area (Å²) in [6, 6.07) is 1.92. The number of hydrogen-bond acceptors (Lipinski definition) is 5. The lowest BCUT2D eigenvalue weighted by atomic mass is 10.1. The summed E-state index contributed by atoms with van der Waals surface area (Å²) in [6.07, 6.45) is 7.48. The van der Waals surface area contributed by atoms with Gasteiger partial charge in [-0.3, -0.25) is 0 Å². The second kappa shape index (κ2) is 4.26. The Morgan fingerprint density at radius 2 is 2.15 bits per heavy atom. The summed E-state index contributed by atoms with van der Waals surface area (Å²) in [4.78, 5) is 20.7. The van der Waals surface area contributed by atoms with Crippen LogP contribution in [0, 0.1) is 0 Å². The number of H-pyrrole nitrogens is 1. The maximum atomic E-state index is 5.37. The Balaban J connectivity index is 1.95. The zero-order chi connectivity index (χ0) is 13.5. The molecule has 0 radical (unpaired) electrons. The Morgan fingerprint density at radius 3 is 2.95 bits per heavy atom. The Kier molecular flexibility index (Phi) is 2.42. The lowest BCUT2D eigenvalue weighted by Crippen LogP contribution is -2.01. The van der Waals surface area contributed by atoms with Crippen LogP contribution in [-0.2, 0) is 0 Å². The van der Waals surface area contributed by atoms with E-state index in [1.54, 1.807) is 19.6 Å². The molecule has 3 heterocycles. The molecule has 0 aliphatic heterocycles. The number of aromatic amines is 1. The highest BCUT2D eigenvalue weighted by atomic mass is 16.5. The predicted molar refractivity (Wildman–Crippen MR) is 73.4 cm³/mol. The number of aromatic nitrogens is 5. The first kappa shape index (κ1) is 11.3. The van der Waals surface area contributed by atoms with Crippen molar-refractivity contribution in [2.24, 2.45) is 0 Å². The number of methoxy groups -OCH3 is 1. The maximum absolute atomic E-state index is 5.37. The highest BCUT2D eigenvalue weighted by Gasteiger charge is 2.31. The molecule has 1 aliphatic rings. The summed E-state index contributed by atoms with van der Waals surface area (Å²) < 4.78 is 5.37. The molecule has 0 bridgehead atoms. The van der Waals surface area contributed by atoms with Gasteiger partial charge < -0.3 is 9.72 Å². The summed E-state index contributed by atoms with van der Waals surface area (Å²) in [7, 11) is 1.61. The third kappa shape index (κ3) is 1.72. The molecule has 6 heteroatoms. The monoisotopic (exact) mass is 267 g/mol. The molecular formula is C14H13N5O. The summed E-state index contributed by atoms with van der Waals surface area (Å²) >= 11 is 0. The van der Waals surface area contributed by atoms with Gasteiger partial charge in [0.15, 0.2) is 5.82 Å². The van der Waals surface area contributed by atoms with Crippen molar-refractivity contribution in [1.29, 1.82) is 0 Å². The smallest absolute Gasteiger partial charge is 0.227 e. The highest BCUT2D eigenvalue weighted by Crippen LogP contribution is 2.44. The topological polar surface area (TPSA) is 76.6 Å². The van der Waals surface area contributed by atoms with Crippen LogP contribution in [0.1, 0.15) is 24.5 Å². The number of nitrogens with one attached hydrogen (secondary N) is 1. The molecule has 20 heavy (non-hydrogen) atoms. The first-order valence-corrected chi connectivity index (χ1v) is 6.56. The summed E-state index contributed by atoms with van der Waals surface area (Å²) in [6.45, 7) is 0. The number of nitrogens with zero attached hydrogens (tertiary/aromatic N) is 4. The van der Waals surface area contributed by atoms with Gasteiger partial charge in [0, 0.05) is 12.1 Å². The van der Waals surface area contributed by atoms with Gasteiger partial charge in [-0.15, -0.1) is 0 Å². The molecule has 0 atom stereocenters. The molecule has 3 aromatic rings. The highest BCUT2D eigenvalue weighted by molar-refractivity contribution is 5.77. The van der Waals surface area contributed by atoms with Crippen molar-refractivity contribution in [3.05, 3.63) is 30.5 Å². The van der Waals surface area contributed by atoms with E-state index in [0.717, 1.165) is 35.1 Å². The summed E-state index contributed by atoms with van der Waals surface area (Å²) in [5, 5.41) is 0. The van der Waals surface area contributed by atoms with Crippen molar-refractivity contribution in [2.45, 2.75) is 18.8 Å². The second-order valence-corrected chi connectivity index (χ2v) is 4.89. The molecule has 6 nitrogen and oxygen atoms in total. The Labute approximate surface area is 115 Å². The van der Waals surface area contributed by atoms with Gasteiger partial charge in [-0.1, -0.05) is 0 Å². The van der Waals surface area contributed by atoms with Crippen LogP contribution < -0.4 is 4.74 Å². The second-order valence-electron chi connectivity index (χ2n) is 4.89. The van der Waals surface area contributed by atoms with Crippen molar-refractivity contribution in [3.63, 3.8) is 0 Å². The van der Waals surface area contributed by atoms with E-state index in [2.05, 4.69) is 24.9 Å². The molecule has 1 aliphatic carbocycles. The number of rotatable bonds is 3. The van der Waals surface area contributed by atoms with Gasteiger partial charge in [-0.05, 0) is 18.9 Å². The quantitative estimate of drug-likeness (QED) is 0.788. The zero-order valence-electron chi connectivity index (χ0n) is 11.0. The van der Waals surface area contributed by atoms with Crippen LogP contribution in [0.25, 0.3) is 22.4 Å². The molecule has 0 amide bonds. The van der Waals surface area contributed by atoms with E-state index >= 15 is 0 Å².